The second-order valence-corrected chi connectivity index (χ2v) is 1.09. The molecule has 0 spiro atoms. The molecule has 0 heterocycles. The fraction of sp³-hybridized carbons (Fsp3) is 1.00. The Morgan fingerprint density at radius 1 is 1.83 bits per heavy atom. The Morgan fingerprint density at radius 3 is 2.33 bits per heavy atom. The van der Waals surface area contributed by atoms with Gasteiger partial charge in [0.05, 0.1) is 6.10 Å². The van der Waals surface area contributed by atoms with E-state index in [0.717, 1.165) is 6.92 Å². The predicted octanol–water partition coefficient (Wildman–Crippen LogP) is 1.02. The molecule has 0 aromatic carbocycles. The molecule has 0 aromatic heterocycles. The summed E-state index contributed by atoms with van der Waals surface area (Å²) in [6, 6.07) is 0. The summed E-state index contributed by atoms with van der Waals surface area (Å²) < 4.78 is 48.7. The van der Waals surface area contributed by atoms with Gasteiger partial charge in [-0.25, -0.2) is 0 Å². The van der Waals surface area contributed by atoms with Crippen molar-refractivity contribution in [2.45, 2.75) is 26.7 Å². The molecule has 6 heavy (non-hydrogen) atoms. The molecule has 1 heteroatoms. The fourth-order valence-electron chi connectivity index (χ4n) is 0. The SMILES string of the molecule is [2H]C([2H])([2H])C([2H])(C(C)O)C([2H])([2H])[2H]. The Bertz CT molecular complexity index is 164. The van der Waals surface area contributed by atoms with Crippen molar-refractivity contribution in [1.29, 1.82) is 0 Å². The Hall–Kier alpha value is -0.0400. The lowest BCUT2D eigenvalue weighted by Gasteiger charge is -2.04. The molecule has 0 saturated heterocycles. The highest BCUT2D eigenvalue weighted by Crippen LogP contribution is 1.96. The summed E-state index contributed by atoms with van der Waals surface area (Å²) in [5.74, 6) is -2.82. The fourth-order valence-corrected chi connectivity index (χ4v) is 0. The zero-order chi connectivity index (χ0) is 11.1. The van der Waals surface area contributed by atoms with Gasteiger partial charge in [-0.3, -0.25) is 0 Å². The highest BCUT2D eigenvalue weighted by molar-refractivity contribution is 4.48. The van der Waals surface area contributed by atoms with Crippen molar-refractivity contribution in [3.8, 4) is 0 Å². The van der Waals surface area contributed by atoms with Crippen molar-refractivity contribution >= 4 is 0 Å². The Kier molecular flexibility index (Phi) is 0.374. The first-order chi connectivity index (χ1) is 5.44. The van der Waals surface area contributed by atoms with Crippen LogP contribution >= 0.6 is 0 Å². The molecule has 0 aromatic rings. The van der Waals surface area contributed by atoms with E-state index in [2.05, 4.69) is 0 Å². The molecule has 1 N–H and O–H groups in total. The van der Waals surface area contributed by atoms with Crippen LogP contribution in [0.3, 0.4) is 0 Å². The predicted molar refractivity (Wildman–Crippen MR) is 26.5 cm³/mol. The number of hydrogen-bond acceptors (Lipinski definition) is 1. The van der Waals surface area contributed by atoms with Gasteiger partial charge in [0.2, 0.25) is 0 Å². The van der Waals surface area contributed by atoms with Crippen LogP contribution in [0.2, 0.25) is 0 Å². The molecule has 0 bridgehead atoms. The number of hydrogen-bond donors (Lipinski definition) is 1. The van der Waals surface area contributed by atoms with Gasteiger partial charge in [0.15, 0.2) is 0 Å². The Labute approximate surface area is 48.8 Å². The van der Waals surface area contributed by atoms with Crippen molar-refractivity contribution < 1.29 is 14.7 Å². The maximum absolute atomic E-state index is 9.04. The van der Waals surface area contributed by atoms with Crippen LogP contribution in [-0.2, 0) is 0 Å². The van der Waals surface area contributed by atoms with Crippen LogP contribution in [0.25, 0.3) is 0 Å². The average Bonchev–Trinajstić information content (AvgIpc) is 1.80. The molecule has 1 nitrogen and oxygen atoms in total. The summed E-state index contributed by atoms with van der Waals surface area (Å²) >= 11 is 0. The Morgan fingerprint density at radius 2 is 2.33 bits per heavy atom. The first-order valence-corrected chi connectivity index (χ1v) is 1.62. The van der Waals surface area contributed by atoms with Crippen LogP contribution in [0.5, 0.6) is 0 Å². The second-order valence-electron chi connectivity index (χ2n) is 1.09. The zero-order valence-corrected chi connectivity index (χ0v) is 3.52. The van der Waals surface area contributed by atoms with Crippen molar-refractivity contribution in [2.24, 2.45) is 5.89 Å². The molecule has 1 atom stereocenters. The number of aliphatic hydroxyl groups excluding tert-OH is 1. The van der Waals surface area contributed by atoms with E-state index in [1.807, 2.05) is 0 Å². The summed E-state index contributed by atoms with van der Waals surface area (Å²) in [6.45, 7) is -5.08. The molecule has 38 valence electrons. The van der Waals surface area contributed by atoms with Gasteiger partial charge in [-0.05, 0) is 12.8 Å². The molecule has 0 amide bonds. The monoisotopic (exact) mass is 95.1 g/mol. The summed E-state index contributed by atoms with van der Waals surface area (Å²) in [6.07, 6.45) is -1.74. The minimum absolute atomic E-state index is 0.992. The zero-order valence-electron chi connectivity index (χ0n) is 10.5. The largest absolute Gasteiger partial charge is 0.393 e. The normalized spacial score (nSPS) is 38.7. The molecular weight excluding hydrogens is 76.1 g/mol. The van der Waals surface area contributed by atoms with E-state index in [0.29, 0.717) is 0 Å². The summed E-state index contributed by atoms with van der Waals surface area (Å²) in [5.41, 5.74) is 0. The first-order valence-electron chi connectivity index (χ1n) is 5.12. The number of aliphatic hydroxyl groups is 1. The van der Waals surface area contributed by atoms with Gasteiger partial charge in [-0.15, -0.1) is 0 Å². The third-order valence-electron chi connectivity index (χ3n) is 0.418. The molecule has 0 aliphatic heterocycles. The van der Waals surface area contributed by atoms with Crippen molar-refractivity contribution in [1.82, 2.24) is 0 Å². The van der Waals surface area contributed by atoms with Crippen LogP contribution < -0.4 is 0 Å². The third-order valence-corrected chi connectivity index (χ3v) is 0.418. The lowest BCUT2D eigenvalue weighted by Crippen LogP contribution is -2.07. The van der Waals surface area contributed by atoms with Crippen molar-refractivity contribution in [3.05, 3.63) is 0 Å². The first kappa shape index (κ1) is 1.03. The van der Waals surface area contributed by atoms with E-state index >= 15 is 0 Å². The molecule has 0 fully saturated rings. The molecule has 0 radical (unpaired) electrons. The summed E-state index contributed by atoms with van der Waals surface area (Å²) in [4.78, 5) is 0. The van der Waals surface area contributed by atoms with E-state index in [1.165, 1.54) is 0 Å². The standard InChI is InChI=1S/C5H12O/c1-4(2)5(3)6/h4-6H,1-3H3/i1D3,2D3,4D. The van der Waals surface area contributed by atoms with Crippen LogP contribution in [0.4, 0.5) is 0 Å². The van der Waals surface area contributed by atoms with Crippen LogP contribution in [-0.4, -0.2) is 11.2 Å². The smallest absolute Gasteiger partial charge is 0.0535 e. The van der Waals surface area contributed by atoms with E-state index in [1.54, 1.807) is 0 Å². The molecular formula is C5H12O. The van der Waals surface area contributed by atoms with E-state index in [4.69, 9.17) is 14.7 Å². The lowest BCUT2D eigenvalue weighted by molar-refractivity contribution is 0.144. The molecule has 0 saturated carbocycles. The van der Waals surface area contributed by atoms with Crippen molar-refractivity contribution in [2.75, 3.05) is 0 Å². The van der Waals surface area contributed by atoms with Crippen molar-refractivity contribution in [3.63, 3.8) is 0 Å². The maximum atomic E-state index is 9.04. The summed E-state index contributed by atoms with van der Waals surface area (Å²) in [7, 11) is 0. The van der Waals surface area contributed by atoms with E-state index in [-0.39, 0.29) is 0 Å². The average molecular weight is 95.2 g/mol. The lowest BCUT2D eigenvalue weighted by atomic mass is 10.1. The van der Waals surface area contributed by atoms with Gasteiger partial charge in [0.25, 0.3) is 0 Å². The van der Waals surface area contributed by atoms with Crippen LogP contribution in [0.15, 0.2) is 0 Å². The van der Waals surface area contributed by atoms with E-state index in [9.17, 15) is 0 Å². The van der Waals surface area contributed by atoms with Gasteiger partial charge in [0, 0.05) is 9.60 Å². The molecule has 0 rings (SSSR count). The summed E-state index contributed by atoms with van der Waals surface area (Å²) in [5, 5.41) is 9.04. The highest BCUT2D eigenvalue weighted by Gasteiger charge is 1.97. The van der Waals surface area contributed by atoms with Gasteiger partial charge < -0.3 is 5.11 Å². The molecule has 0 aliphatic rings. The second kappa shape index (κ2) is 2.19. The van der Waals surface area contributed by atoms with Gasteiger partial charge >= 0.3 is 0 Å². The minimum atomic E-state index is -3.04. The third kappa shape index (κ3) is 2.21. The van der Waals surface area contributed by atoms with E-state index < -0.39 is 25.7 Å². The number of rotatable bonds is 1. The van der Waals surface area contributed by atoms with Gasteiger partial charge in [0.1, 0.15) is 0 Å². The quantitative estimate of drug-likeness (QED) is 0.515. The van der Waals surface area contributed by atoms with Gasteiger partial charge in [-0.1, -0.05) is 13.7 Å². The maximum Gasteiger partial charge on any atom is 0.0535 e. The Balaban J connectivity index is 5.22. The molecule has 1 unspecified atom stereocenters. The minimum Gasteiger partial charge on any atom is -0.393 e. The van der Waals surface area contributed by atoms with Gasteiger partial charge in [-0.2, -0.15) is 0 Å². The molecule has 0 aliphatic carbocycles. The topological polar surface area (TPSA) is 20.2 Å². The highest BCUT2D eigenvalue weighted by atomic mass is 16.3. The van der Waals surface area contributed by atoms with Crippen LogP contribution in [0.1, 0.15) is 30.2 Å². The van der Waals surface area contributed by atoms with Crippen LogP contribution in [0, 0.1) is 5.89 Å².